The first-order valence-electron chi connectivity index (χ1n) is 8.19. The Labute approximate surface area is 175 Å². The molecule has 28 heavy (non-hydrogen) atoms. The minimum Gasteiger partial charge on any atom is -0.506 e. The van der Waals surface area contributed by atoms with Crippen LogP contribution in [0.4, 0.5) is 11.4 Å². The molecule has 2 aromatic rings. The minimum absolute atomic E-state index is 0.0797. The van der Waals surface area contributed by atoms with Gasteiger partial charge in [-0.25, -0.2) is 0 Å². The molecule has 0 unspecified atom stereocenters. The molecular formula is C18H18BrN3O5S. The molecule has 0 aliphatic heterocycles. The number of thiocarbonyl (C=S) groups is 1. The van der Waals surface area contributed by atoms with E-state index in [1.54, 1.807) is 18.2 Å². The third-order valence-electron chi connectivity index (χ3n) is 3.43. The summed E-state index contributed by atoms with van der Waals surface area (Å²) in [5, 5.41) is 25.7. The summed E-state index contributed by atoms with van der Waals surface area (Å²) < 4.78 is 6.38. The Balaban J connectivity index is 2.11. The molecule has 0 saturated carbocycles. The number of phenols is 1. The second-order valence-electron chi connectivity index (χ2n) is 6.21. The van der Waals surface area contributed by atoms with Crippen LogP contribution in [0.25, 0.3) is 0 Å². The summed E-state index contributed by atoms with van der Waals surface area (Å²) in [6, 6.07) is 8.54. The maximum Gasteiger partial charge on any atom is 0.273 e. The van der Waals surface area contributed by atoms with E-state index in [1.165, 1.54) is 12.1 Å². The van der Waals surface area contributed by atoms with Gasteiger partial charge in [-0.2, -0.15) is 0 Å². The highest BCUT2D eigenvalue weighted by Gasteiger charge is 2.17. The maximum absolute atomic E-state index is 12.6. The number of ether oxygens (including phenoxy) is 1. The first-order chi connectivity index (χ1) is 13.2. The number of rotatable bonds is 6. The fourth-order valence-electron chi connectivity index (χ4n) is 2.13. The Bertz CT molecular complexity index is 920. The number of hydrogen-bond acceptors (Lipinski definition) is 6. The fourth-order valence-corrected chi connectivity index (χ4v) is 2.69. The predicted molar refractivity (Wildman–Crippen MR) is 113 cm³/mol. The van der Waals surface area contributed by atoms with E-state index in [1.807, 2.05) is 13.8 Å². The highest BCUT2D eigenvalue weighted by Crippen LogP contribution is 2.28. The van der Waals surface area contributed by atoms with E-state index < -0.39 is 10.8 Å². The normalized spacial score (nSPS) is 10.4. The molecule has 8 nitrogen and oxygen atoms in total. The number of benzene rings is 2. The highest BCUT2D eigenvalue weighted by molar-refractivity contribution is 9.10. The molecule has 2 aromatic carbocycles. The quantitative estimate of drug-likeness (QED) is 0.252. The highest BCUT2D eigenvalue weighted by atomic mass is 79.9. The summed E-state index contributed by atoms with van der Waals surface area (Å²) in [6.45, 7) is 4.43. The fraction of sp³-hybridized carbons (Fsp3) is 0.222. The number of nitrogens with zero attached hydrogens (tertiary/aromatic N) is 1. The molecule has 0 atom stereocenters. The lowest BCUT2D eigenvalue weighted by atomic mass is 10.2. The number of halogens is 1. The first kappa shape index (κ1) is 21.6. The number of carbonyl (C=O) groups excluding carboxylic acids is 1. The van der Waals surface area contributed by atoms with Crippen LogP contribution in [-0.2, 0) is 0 Å². The molecule has 0 aromatic heterocycles. The van der Waals surface area contributed by atoms with Crippen LogP contribution in [0.3, 0.4) is 0 Å². The molecule has 0 aliphatic rings. The number of amides is 1. The smallest absolute Gasteiger partial charge is 0.273 e. The van der Waals surface area contributed by atoms with Crippen molar-refractivity contribution in [1.29, 1.82) is 0 Å². The van der Waals surface area contributed by atoms with Crippen molar-refractivity contribution in [2.75, 3.05) is 11.9 Å². The molecule has 1 amide bonds. The van der Waals surface area contributed by atoms with Crippen molar-refractivity contribution in [2.24, 2.45) is 5.92 Å². The van der Waals surface area contributed by atoms with Crippen molar-refractivity contribution < 1.29 is 19.6 Å². The van der Waals surface area contributed by atoms with E-state index in [-0.39, 0.29) is 33.7 Å². The zero-order chi connectivity index (χ0) is 20.8. The van der Waals surface area contributed by atoms with Gasteiger partial charge in [-0.1, -0.05) is 29.8 Å². The van der Waals surface area contributed by atoms with Gasteiger partial charge in [0.15, 0.2) is 5.11 Å². The predicted octanol–water partition coefficient (Wildman–Crippen LogP) is 4.22. The number of aromatic hydroxyl groups is 1. The average molecular weight is 468 g/mol. The minimum atomic E-state index is -0.629. The van der Waals surface area contributed by atoms with Crippen LogP contribution in [0.2, 0.25) is 0 Å². The van der Waals surface area contributed by atoms with Gasteiger partial charge in [-0.05, 0) is 42.4 Å². The summed E-state index contributed by atoms with van der Waals surface area (Å²) >= 11 is 8.42. The lowest BCUT2D eigenvalue weighted by Gasteiger charge is -2.15. The van der Waals surface area contributed by atoms with E-state index >= 15 is 0 Å². The Morgan fingerprint density at radius 2 is 2.04 bits per heavy atom. The summed E-state index contributed by atoms with van der Waals surface area (Å²) in [7, 11) is 0. The Morgan fingerprint density at radius 1 is 1.32 bits per heavy atom. The van der Waals surface area contributed by atoms with Gasteiger partial charge in [-0.15, -0.1) is 0 Å². The number of nitrogens with one attached hydrogen (secondary N) is 2. The van der Waals surface area contributed by atoms with Gasteiger partial charge < -0.3 is 15.2 Å². The molecule has 0 aliphatic carbocycles. The van der Waals surface area contributed by atoms with Crippen LogP contribution >= 0.6 is 28.1 Å². The first-order valence-corrected chi connectivity index (χ1v) is 9.39. The van der Waals surface area contributed by atoms with Crippen LogP contribution in [-0.4, -0.2) is 27.7 Å². The van der Waals surface area contributed by atoms with E-state index in [0.717, 1.165) is 6.07 Å². The van der Waals surface area contributed by atoms with Gasteiger partial charge in [0.05, 0.1) is 28.8 Å². The largest absolute Gasteiger partial charge is 0.506 e. The standard InChI is InChI=1S/C18H18BrN3O5S/c1-10(2)9-27-16-6-3-11(19)7-13(16)17(24)21-18(28)20-14-5-4-12(22(25)26)8-15(14)23/h3-8,10,23H,9H2,1-2H3,(H2,20,21,24,28). The van der Waals surface area contributed by atoms with Gasteiger partial charge in [0, 0.05) is 10.5 Å². The molecule has 0 radical (unpaired) electrons. The van der Waals surface area contributed by atoms with E-state index in [2.05, 4.69) is 26.6 Å². The number of anilines is 1. The van der Waals surface area contributed by atoms with Crippen molar-refractivity contribution in [3.05, 3.63) is 56.5 Å². The maximum atomic E-state index is 12.6. The Morgan fingerprint density at radius 3 is 2.64 bits per heavy atom. The van der Waals surface area contributed by atoms with E-state index in [9.17, 15) is 20.0 Å². The molecule has 0 heterocycles. The van der Waals surface area contributed by atoms with Gasteiger partial charge in [0.2, 0.25) is 0 Å². The lowest BCUT2D eigenvalue weighted by molar-refractivity contribution is -0.384. The second kappa shape index (κ2) is 9.47. The third-order valence-corrected chi connectivity index (χ3v) is 4.12. The summed E-state index contributed by atoms with van der Waals surface area (Å²) in [4.78, 5) is 22.7. The van der Waals surface area contributed by atoms with Crippen molar-refractivity contribution in [1.82, 2.24) is 5.32 Å². The number of nitro groups is 1. The molecule has 2 rings (SSSR count). The number of non-ortho nitro benzene ring substituents is 1. The Hall–Kier alpha value is -2.72. The van der Waals surface area contributed by atoms with Crippen LogP contribution in [0.1, 0.15) is 24.2 Å². The van der Waals surface area contributed by atoms with Crippen LogP contribution in [0.15, 0.2) is 40.9 Å². The average Bonchev–Trinajstić information content (AvgIpc) is 2.61. The van der Waals surface area contributed by atoms with Crippen molar-refractivity contribution >= 4 is 50.5 Å². The van der Waals surface area contributed by atoms with Gasteiger partial charge in [-0.3, -0.25) is 20.2 Å². The molecule has 0 spiro atoms. The van der Waals surface area contributed by atoms with Crippen molar-refractivity contribution in [2.45, 2.75) is 13.8 Å². The SMILES string of the molecule is CC(C)COc1ccc(Br)cc1C(=O)NC(=S)Nc1ccc([N+](=O)[O-])cc1O. The zero-order valence-corrected chi connectivity index (χ0v) is 17.5. The molecule has 3 N–H and O–H groups in total. The van der Waals surface area contributed by atoms with Gasteiger partial charge in [0.1, 0.15) is 11.5 Å². The topological polar surface area (TPSA) is 114 Å². The van der Waals surface area contributed by atoms with Gasteiger partial charge in [0.25, 0.3) is 11.6 Å². The van der Waals surface area contributed by atoms with Crippen molar-refractivity contribution in [3.8, 4) is 11.5 Å². The number of nitro benzene ring substituents is 1. The Kier molecular flexibility index (Phi) is 7.30. The summed E-state index contributed by atoms with van der Waals surface area (Å²) in [6.07, 6.45) is 0. The van der Waals surface area contributed by atoms with E-state index in [4.69, 9.17) is 17.0 Å². The molecular weight excluding hydrogens is 450 g/mol. The number of phenolic OH excluding ortho intramolecular Hbond substituents is 1. The molecule has 0 bridgehead atoms. The van der Waals surface area contributed by atoms with Crippen LogP contribution in [0, 0.1) is 16.0 Å². The van der Waals surface area contributed by atoms with E-state index in [0.29, 0.717) is 16.8 Å². The third kappa shape index (κ3) is 5.89. The molecule has 0 fully saturated rings. The monoisotopic (exact) mass is 467 g/mol. The summed E-state index contributed by atoms with van der Waals surface area (Å²) in [5.74, 6) is -0.170. The number of carbonyl (C=O) groups is 1. The summed E-state index contributed by atoms with van der Waals surface area (Å²) in [5.41, 5.74) is 0.146. The molecule has 148 valence electrons. The molecule has 10 heteroatoms. The number of hydrogen-bond donors (Lipinski definition) is 3. The van der Waals surface area contributed by atoms with Gasteiger partial charge >= 0.3 is 0 Å². The second-order valence-corrected chi connectivity index (χ2v) is 7.54. The zero-order valence-electron chi connectivity index (χ0n) is 15.1. The van der Waals surface area contributed by atoms with Crippen molar-refractivity contribution in [3.63, 3.8) is 0 Å². The lowest BCUT2D eigenvalue weighted by Crippen LogP contribution is -2.34. The van der Waals surface area contributed by atoms with Crippen LogP contribution in [0.5, 0.6) is 11.5 Å². The van der Waals surface area contributed by atoms with Crippen LogP contribution < -0.4 is 15.4 Å². The molecule has 0 saturated heterocycles.